The zero-order valence-electron chi connectivity index (χ0n) is 12.6. The number of nitrogens with one attached hydrogen (secondary N) is 2. The molecule has 6 heteroatoms. The van der Waals surface area contributed by atoms with Crippen LogP contribution in [-0.2, 0) is 6.54 Å². The zero-order valence-corrected chi connectivity index (χ0v) is 12.6. The number of anilines is 1. The Morgan fingerprint density at radius 2 is 1.78 bits per heavy atom. The second-order valence-corrected chi connectivity index (χ2v) is 4.92. The van der Waals surface area contributed by atoms with E-state index in [0.717, 1.165) is 16.9 Å². The smallest absolute Gasteiger partial charge is 0.279 e. The standard InChI is InChI=1S/C17H16N4O2/c1-23-14-9-7-12(8-10-14)11-18-17-19-16(22)15(20-21-17)13-5-3-2-4-6-13/h2-10H,11H2,1H3,(H2,18,19,21,22). The first-order valence-corrected chi connectivity index (χ1v) is 7.15. The molecule has 0 aliphatic heterocycles. The van der Waals surface area contributed by atoms with Crippen LogP contribution in [0.15, 0.2) is 59.4 Å². The Balaban J connectivity index is 1.72. The van der Waals surface area contributed by atoms with Crippen LogP contribution in [0.3, 0.4) is 0 Å². The van der Waals surface area contributed by atoms with Gasteiger partial charge in [-0.2, -0.15) is 0 Å². The summed E-state index contributed by atoms with van der Waals surface area (Å²) in [5, 5.41) is 11.1. The fraction of sp³-hybridized carbons (Fsp3) is 0.118. The quantitative estimate of drug-likeness (QED) is 0.757. The number of hydrogen-bond acceptors (Lipinski definition) is 5. The van der Waals surface area contributed by atoms with Crippen molar-refractivity contribution in [3.63, 3.8) is 0 Å². The van der Waals surface area contributed by atoms with Crippen LogP contribution in [0.4, 0.5) is 5.95 Å². The van der Waals surface area contributed by atoms with Gasteiger partial charge in [0.1, 0.15) is 5.75 Å². The molecule has 1 aromatic heterocycles. The lowest BCUT2D eigenvalue weighted by atomic mass is 10.2. The normalized spacial score (nSPS) is 10.3. The molecule has 0 unspecified atom stereocenters. The highest BCUT2D eigenvalue weighted by Crippen LogP contribution is 2.13. The van der Waals surface area contributed by atoms with Crippen LogP contribution in [0.1, 0.15) is 5.56 Å². The lowest BCUT2D eigenvalue weighted by molar-refractivity contribution is 0.414. The molecule has 0 atom stereocenters. The summed E-state index contributed by atoms with van der Waals surface area (Å²) < 4.78 is 5.11. The third-order valence-electron chi connectivity index (χ3n) is 3.36. The molecule has 0 saturated carbocycles. The van der Waals surface area contributed by atoms with E-state index in [-0.39, 0.29) is 5.56 Å². The van der Waals surface area contributed by atoms with Gasteiger partial charge in [0, 0.05) is 12.1 Å². The van der Waals surface area contributed by atoms with Crippen LogP contribution in [0, 0.1) is 0 Å². The van der Waals surface area contributed by atoms with Crippen molar-refractivity contribution in [3.8, 4) is 17.0 Å². The third kappa shape index (κ3) is 3.55. The maximum absolute atomic E-state index is 12.1. The van der Waals surface area contributed by atoms with Crippen molar-refractivity contribution < 1.29 is 4.74 Å². The van der Waals surface area contributed by atoms with E-state index in [2.05, 4.69) is 20.5 Å². The summed E-state index contributed by atoms with van der Waals surface area (Å²) >= 11 is 0. The van der Waals surface area contributed by atoms with E-state index in [0.29, 0.717) is 18.2 Å². The Kier molecular flexibility index (Phi) is 4.33. The molecule has 0 aliphatic carbocycles. The molecule has 6 nitrogen and oxygen atoms in total. The zero-order chi connectivity index (χ0) is 16.1. The molecule has 2 N–H and O–H groups in total. The Morgan fingerprint density at radius 1 is 1.04 bits per heavy atom. The van der Waals surface area contributed by atoms with Crippen molar-refractivity contribution >= 4 is 5.95 Å². The minimum atomic E-state index is -0.275. The average molecular weight is 308 g/mol. The van der Waals surface area contributed by atoms with Gasteiger partial charge in [0.15, 0.2) is 5.69 Å². The van der Waals surface area contributed by atoms with Gasteiger partial charge in [0.25, 0.3) is 5.56 Å². The molecule has 1 heterocycles. The molecule has 23 heavy (non-hydrogen) atoms. The summed E-state index contributed by atoms with van der Waals surface area (Å²) in [6, 6.07) is 16.9. The predicted molar refractivity (Wildman–Crippen MR) is 88.4 cm³/mol. The summed E-state index contributed by atoms with van der Waals surface area (Å²) in [5.41, 5.74) is 1.81. The first-order chi connectivity index (χ1) is 11.3. The van der Waals surface area contributed by atoms with Crippen LogP contribution in [0.25, 0.3) is 11.3 Å². The van der Waals surface area contributed by atoms with E-state index in [4.69, 9.17) is 4.74 Å². The first kappa shape index (κ1) is 14.8. The Hall–Kier alpha value is -3.15. The minimum absolute atomic E-state index is 0.275. The number of H-pyrrole nitrogens is 1. The monoisotopic (exact) mass is 308 g/mol. The molecule has 3 aromatic rings. The SMILES string of the molecule is COc1ccc(CNc2nnc(-c3ccccc3)c(=O)[nH]2)cc1. The van der Waals surface area contributed by atoms with Crippen LogP contribution < -0.4 is 15.6 Å². The van der Waals surface area contributed by atoms with E-state index < -0.39 is 0 Å². The van der Waals surface area contributed by atoms with E-state index >= 15 is 0 Å². The van der Waals surface area contributed by atoms with Gasteiger partial charge in [0.05, 0.1) is 7.11 Å². The van der Waals surface area contributed by atoms with Gasteiger partial charge in [-0.3, -0.25) is 9.78 Å². The van der Waals surface area contributed by atoms with E-state index in [1.807, 2.05) is 54.6 Å². The molecule has 0 spiro atoms. The van der Waals surface area contributed by atoms with Crippen molar-refractivity contribution in [2.75, 3.05) is 12.4 Å². The van der Waals surface area contributed by atoms with Crippen molar-refractivity contribution in [2.24, 2.45) is 0 Å². The maximum Gasteiger partial charge on any atom is 0.279 e. The minimum Gasteiger partial charge on any atom is -0.497 e. The molecule has 0 saturated heterocycles. The third-order valence-corrected chi connectivity index (χ3v) is 3.36. The Bertz CT molecular complexity index is 829. The van der Waals surface area contributed by atoms with Gasteiger partial charge < -0.3 is 10.1 Å². The number of nitrogens with zero attached hydrogens (tertiary/aromatic N) is 2. The van der Waals surface area contributed by atoms with Crippen molar-refractivity contribution in [2.45, 2.75) is 6.54 Å². The van der Waals surface area contributed by atoms with Gasteiger partial charge in [-0.15, -0.1) is 10.2 Å². The van der Waals surface area contributed by atoms with Gasteiger partial charge in [-0.05, 0) is 17.7 Å². The van der Waals surface area contributed by atoms with Gasteiger partial charge in [-0.1, -0.05) is 42.5 Å². The molecule has 0 amide bonds. The molecule has 2 aromatic carbocycles. The number of ether oxygens (including phenoxy) is 1. The van der Waals surface area contributed by atoms with Gasteiger partial charge >= 0.3 is 0 Å². The number of methoxy groups -OCH3 is 1. The Morgan fingerprint density at radius 3 is 2.43 bits per heavy atom. The summed E-state index contributed by atoms with van der Waals surface area (Å²) in [7, 11) is 1.63. The number of benzene rings is 2. The molecular formula is C17H16N4O2. The predicted octanol–water partition coefficient (Wildman–Crippen LogP) is 2.45. The van der Waals surface area contributed by atoms with Gasteiger partial charge in [-0.25, -0.2) is 0 Å². The first-order valence-electron chi connectivity index (χ1n) is 7.15. The summed E-state index contributed by atoms with van der Waals surface area (Å²) in [6.07, 6.45) is 0. The Labute approximate surface area is 133 Å². The molecule has 0 fully saturated rings. The topological polar surface area (TPSA) is 79.9 Å². The van der Waals surface area contributed by atoms with Crippen LogP contribution >= 0.6 is 0 Å². The highest BCUT2D eigenvalue weighted by molar-refractivity contribution is 5.57. The summed E-state index contributed by atoms with van der Waals surface area (Å²) in [4.78, 5) is 14.8. The van der Waals surface area contributed by atoms with Crippen molar-refractivity contribution in [1.82, 2.24) is 15.2 Å². The second-order valence-electron chi connectivity index (χ2n) is 4.92. The average Bonchev–Trinajstić information content (AvgIpc) is 2.61. The fourth-order valence-corrected chi connectivity index (χ4v) is 2.13. The molecule has 0 aliphatic rings. The van der Waals surface area contributed by atoms with Crippen molar-refractivity contribution in [3.05, 3.63) is 70.5 Å². The molecule has 3 rings (SSSR count). The fourth-order valence-electron chi connectivity index (χ4n) is 2.13. The lowest BCUT2D eigenvalue weighted by Gasteiger charge is -2.06. The summed E-state index contributed by atoms with van der Waals surface area (Å²) in [5.74, 6) is 1.14. The van der Waals surface area contributed by atoms with Gasteiger partial charge in [0.2, 0.25) is 5.95 Å². The lowest BCUT2D eigenvalue weighted by Crippen LogP contribution is -2.16. The largest absolute Gasteiger partial charge is 0.497 e. The summed E-state index contributed by atoms with van der Waals surface area (Å²) in [6.45, 7) is 0.527. The van der Waals surface area contributed by atoms with Crippen LogP contribution in [0.2, 0.25) is 0 Å². The van der Waals surface area contributed by atoms with E-state index in [1.54, 1.807) is 7.11 Å². The second kappa shape index (κ2) is 6.74. The molecule has 0 bridgehead atoms. The van der Waals surface area contributed by atoms with E-state index in [1.165, 1.54) is 0 Å². The molecule has 0 radical (unpaired) electrons. The highest BCUT2D eigenvalue weighted by Gasteiger charge is 2.06. The van der Waals surface area contributed by atoms with Crippen LogP contribution in [-0.4, -0.2) is 22.3 Å². The van der Waals surface area contributed by atoms with E-state index in [9.17, 15) is 4.79 Å². The number of aromatic nitrogens is 3. The molecular weight excluding hydrogens is 292 g/mol. The number of rotatable bonds is 5. The maximum atomic E-state index is 12.1. The number of aromatic amines is 1. The highest BCUT2D eigenvalue weighted by atomic mass is 16.5. The molecule has 116 valence electrons. The number of hydrogen-bond donors (Lipinski definition) is 2. The van der Waals surface area contributed by atoms with Crippen molar-refractivity contribution in [1.29, 1.82) is 0 Å². The van der Waals surface area contributed by atoms with Crippen LogP contribution in [0.5, 0.6) is 5.75 Å².